The van der Waals surface area contributed by atoms with Crippen molar-refractivity contribution >= 4 is 17.2 Å². The molecule has 2 aliphatic heterocycles. The summed E-state index contributed by atoms with van der Waals surface area (Å²) in [5.41, 5.74) is 4.52. The molecule has 216 valence electrons. The van der Waals surface area contributed by atoms with Crippen LogP contribution in [0.25, 0.3) is 5.57 Å². The van der Waals surface area contributed by atoms with Crippen LogP contribution in [-0.2, 0) is 16.9 Å². The summed E-state index contributed by atoms with van der Waals surface area (Å²) in [6.45, 7) is 5.48. The first kappa shape index (κ1) is 28.2. The van der Waals surface area contributed by atoms with E-state index in [-0.39, 0.29) is 0 Å². The number of fused-ring (bicyclic) bond motifs is 2. The molecule has 41 heavy (non-hydrogen) atoms. The summed E-state index contributed by atoms with van der Waals surface area (Å²) < 4.78 is 17.9. The van der Waals surface area contributed by atoms with E-state index in [1.165, 1.54) is 0 Å². The van der Waals surface area contributed by atoms with Crippen LogP contribution in [0.2, 0.25) is 5.02 Å². The first-order chi connectivity index (χ1) is 20.1. The second kappa shape index (κ2) is 13.0. The van der Waals surface area contributed by atoms with E-state index in [4.69, 9.17) is 25.8 Å². The number of halogens is 1. The molecule has 0 bridgehead atoms. The lowest BCUT2D eigenvalue weighted by Gasteiger charge is -2.36. The molecule has 2 fully saturated rings. The molecule has 7 heteroatoms. The van der Waals surface area contributed by atoms with Crippen LogP contribution >= 0.6 is 11.6 Å². The average molecular weight is 575 g/mol. The van der Waals surface area contributed by atoms with Crippen molar-refractivity contribution in [2.24, 2.45) is 5.92 Å². The fraction of sp³-hybridized carbons (Fsp3) is 0.441. The smallest absolute Gasteiger partial charge is 0.131 e. The third-order valence-electron chi connectivity index (χ3n) is 8.80. The van der Waals surface area contributed by atoms with Crippen LogP contribution < -0.4 is 9.47 Å². The van der Waals surface area contributed by atoms with E-state index in [9.17, 15) is 5.11 Å². The van der Waals surface area contributed by atoms with Gasteiger partial charge < -0.3 is 19.3 Å². The minimum Gasteiger partial charge on any atom is -0.492 e. The van der Waals surface area contributed by atoms with Gasteiger partial charge in [0.2, 0.25) is 0 Å². The summed E-state index contributed by atoms with van der Waals surface area (Å²) >= 11 is 6.06. The number of morpholine rings is 1. The molecule has 1 N–H and O–H groups in total. The van der Waals surface area contributed by atoms with Crippen LogP contribution in [0.3, 0.4) is 0 Å². The molecule has 3 aliphatic rings. The topological polar surface area (TPSA) is 64.1 Å². The van der Waals surface area contributed by atoms with Gasteiger partial charge in [0.15, 0.2) is 0 Å². The molecular formula is C34H39ClN2O4. The first-order valence-electron chi connectivity index (χ1n) is 14.9. The van der Waals surface area contributed by atoms with Gasteiger partial charge in [0.1, 0.15) is 24.7 Å². The Balaban J connectivity index is 1.14. The number of benzene rings is 2. The molecule has 1 saturated carbocycles. The summed E-state index contributed by atoms with van der Waals surface area (Å²) in [5.74, 6) is 2.30. The van der Waals surface area contributed by atoms with Crippen LogP contribution in [0.1, 0.15) is 60.9 Å². The van der Waals surface area contributed by atoms with Gasteiger partial charge in [-0.15, -0.1) is 0 Å². The summed E-state index contributed by atoms with van der Waals surface area (Å²) in [6, 6.07) is 18.0. The predicted molar refractivity (Wildman–Crippen MR) is 161 cm³/mol. The zero-order chi connectivity index (χ0) is 28.1. The zero-order valence-electron chi connectivity index (χ0n) is 23.6. The van der Waals surface area contributed by atoms with Gasteiger partial charge in [-0.3, -0.25) is 9.88 Å². The number of rotatable bonds is 8. The Hall–Kier alpha value is -2.90. The third-order valence-corrected chi connectivity index (χ3v) is 9.06. The van der Waals surface area contributed by atoms with Crippen molar-refractivity contribution in [3.8, 4) is 11.5 Å². The second-order valence-electron chi connectivity index (χ2n) is 11.4. The zero-order valence-corrected chi connectivity index (χ0v) is 24.3. The number of hydrogen-bond acceptors (Lipinski definition) is 6. The summed E-state index contributed by atoms with van der Waals surface area (Å²) in [4.78, 5) is 7.02. The van der Waals surface area contributed by atoms with E-state index in [1.54, 1.807) is 0 Å². The maximum atomic E-state index is 11.3. The van der Waals surface area contributed by atoms with Crippen LogP contribution in [0.5, 0.6) is 11.5 Å². The maximum Gasteiger partial charge on any atom is 0.131 e. The Morgan fingerprint density at radius 2 is 1.85 bits per heavy atom. The Labute approximate surface area is 247 Å². The number of ether oxygens (including phenoxy) is 3. The highest BCUT2D eigenvalue weighted by molar-refractivity contribution is 6.30. The minimum absolute atomic E-state index is 0.448. The van der Waals surface area contributed by atoms with Crippen LogP contribution in [-0.4, -0.2) is 54.4 Å². The van der Waals surface area contributed by atoms with E-state index in [0.29, 0.717) is 24.2 Å². The molecule has 0 atom stereocenters. The summed E-state index contributed by atoms with van der Waals surface area (Å²) in [6.07, 6.45) is 9.82. The van der Waals surface area contributed by atoms with Crippen molar-refractivity contribution in [1.29, 1.82) is 0 Å². The lowest BCUT2D eigenvalue weighted by Crippen LogP contribution is -2.38. The molecule has 1 aromatic heterocycles. The number of allylic oxidation sites excluding steroid dienone is 1. The standard InChI is InChI=1S/C34H39ClN2O4/c35-27-8-6-26(7-9-27)34(38)14-12-25(13-15-34)3-1-4-29-30-5-2-16-36-32(30)24-41-33-11-10-28(23-31(29)33)40-22-19-37-17-20-39-21-18-37/h2,4-11,16,23,25,38H,1,3,12-15,17-22,24H2/b29-4+. The fourth-order valence-electron chi connectivity index (χ4n) is 6.32. The van der Waals surface area contributed by atoms with E-state index in [1.807, 2.05) is 48.7 Å². The van der Waals surface area contributed by atoms with Gasteiger partial charge in [0.05, 0.1) is 24.5 Å². The molecule has 1 saturated heterocycles. The van der Waals surface area contributed by atoms with E-state index < -0.39 is 5.60 Å². The van der Waals surface area contributed by atoms with Gasteiger partial charge in [0, 0.05) is 42.0 Å². The van der Waals surface area contributed by atoms with Gasteiger partial charge in [-0.05, 0) is 92.0 Å². The number of nitrogens with zero attached hydrogens (tertiary/aromatic N) is 2. The molecule has 6 nitrogen and oxygen atoms in total. The largest absolute Gasteiger partial charge is 0.492 e. The molecular weight excluding hydrogens is 536 g/mol. The van der Waals surface area contributed by atoms with Crippen molar-refractivity contribution < 1.29 is 19.3 Å². The van der Waals surface area contributed by atoms with Crippen molar-refractivity contribution in [3.05, 3.63) is 94.3 Å². The van der Waals surface area contributed by atoms with Crippen LogP contribution in [0.15, 0.2) is 66.9 Å². The third kappa shape index (κ3) is 6.78. The number of aliphatic hydroxyl groups is 1. The molecule has 3 aromatic rings. The molecule has 3 heterocycles. The molecule has 0 amide bonds. The lowest BCUT2D eigenvalue weighted by atomic mass is 9.74. The first-order valence-corrected chi connectivity index (χ1v) is 15.3. The molecule has 2 aromatic carbocycles. The number of aromatic nitrogens is 1. The van der Waals surface area contributed by atoms with E-state index in [0.717, 1.165) is 111 Å². The van der Waals surface area contributed by atoms with Crippen molar-refractivity contribution in [2.75, 3.05) is 39.5 Å². The van der Waals surface area contributed by atoms with Gasteiger partial charge in [-0.1, -0.05) is 35.9 Å². The Bertz CT molecular complexity index is 1350. The Morgan fingerprint density at radius 1 is 1.05 bits per heavy atom. The quantitative estimate of drug-likeness (QED) is 0.326. The monoisotopic (exact) mass is 574 g/mol. The van der Waals surface area contributed by atoms with Crippen molar-refractivity contribution in [2.45, 2.75) is 50.7 Å². The van der Waals surface area contributed by atoms with Gasteiger partial charge in [0.25, 0.3) is 0 Å². The highest BCUT2D eigenvalue weighted by atomic mass is 35.5. The van der Waals surface area contributed by atoms with Gasteiger partial charge in [-0.2, -0.15) is 0 Å². The van der Waals surface area contributed by atoms with Crippen molar-refractivity contribution in [1.82, 2.24) is 9.88 Å². The molecule has 0 radical (unpaired) electrons. The summed E-state index contributed by atoms with van der Waals surface area (Å²) in [7, 11) is 0. The highest BCUT2D eigenvalue weighted by Crippen LogP contribution is 2.42. The Morgan fingerprint density at radius 3 is 2.66 bits per heavy atom. The fourth-order valence-corrected chi connectivity index (χ4v) is 6.44. The molecule has 0 spiro atoms. The number of pyridine rings is 1. The number of hydrogen-bond donors (Lipinski definition) is 1. The predicted octanol–water partition coefficient (Wildman–Crippen LogP) is 6.63. The molecule has 0 unspecified atom stereocenters. The molecule has 6 rings (SSSR count). The minimum atomic E-state index is -0.750. The highest BCUT2D eigenvalue weighted by Gasteiger charge is 2.34. The summed E-state index contributed by atoms with van der Waals surface area (Å²) in [5, 5.41) is 12.0. The molecule has 1 aliphatic carbocycles. The second-order valence-corrected chi connectivity index (χ2v) is 11.9. The SMILES string of the molecule is OC1(c2ccc(Cl)cc2)CCC(CC/C=C2/c3cc(OCCN4CCOCC4)ccc3OCc3ncccc32)CC1. The van der Waals surface area contributed by atoms with E-state index >= 15 is 0 Å². The van der Waals surface area contributed by atoms with Gasteiger partial charge in [-0.25, -0.2) is 0 Å². The average Bonchev–Trinajstić information content (AvgIpc) is 3.16. The normalized spacial score (nSPS) is 23.8. The van der Waals surface area contributed by atoms with E-state index in [2.05, 4.69) is 28.1 Å². The van der Waals surface area contributed by atoms with Crippen LogP contribution in [0, 0.1) is 5.92 Å². The maximum absolute atomic E-state index is 11.3. The van der Waals surface area contributed by atoms with Crippen molar-refractivity contribution in [3.63, 3.8) is 0 Å². The van der Waals surface area contributed by atoms with Gasteiger partial charge >= 0.3 is 0 Å². The lowest BCUT2D eigenvalue weighted by molar-refractivity contribution is -0.0150. The van der Waals surface area contributed by atoms with Crippen LogP contribution in [0.4, 0.5) is 0 Å². The Kier molecular flexibility index (Phi) is 8.92.